The van der Waals surface area contributed by atoms with E-state index in [-0.39, 0.29) is 18.4 Å². The first kappa shape index (κ1) is 21.8. The second kappa shape index (κ2) is 9.30. The van der Waals surface area contributed by atoms with Crippen LogP contribution < -0.4 is 10.9 Å². The quantitative estimate of drug-likeness (QED) is 0.646. The van der Waals surface area contributed by atoms with Crippen LogP contribution in [0.5, 0.6) is 0 Å². The number of carbonyl (C=O) groups is 3. The van der Waals surface area contributed by atoms with Crippen molar-refractivity contribution in [2.75, 3.05) is 6.54 Å². The maximum atomic E-state index is 13.0. The third-order valence-corrected chi connectivity index (χ3v) is 5.75. The van der Waals surface area contributed by atoms with Crippen molar-refractivity contribution in [3.05, 3.63) is 70.2 Å². The summed E-state index contributed by atoms with van der Waals surface area (Å²) >= 11 is 3.42. The SMILES string of the molecule is CC(=O)NNC(=O)C[C@]1(c2ccccc2)CCN([C@@H](C)c2ccc(Br)cc2)C(=O)O1. The predicted octanol–water partition coefficient (Wildman–Crippen LogP) is 3.81. The number of carbonyl (C=O) groups excluding carboxylic acids is 3. The molecule has 2 N–H and O–H groups in total. The minimum atomic E-state index is -1.10. The molecule has 1 heterocycles. The van der Waals surface area contributed by atoms with Gasteiger partial charge in [0.25, 0.3) is 0 Å². The molecule has 1 fully saturated rings. The van der Waals surface area contributed by atoms with Crippen LogP contribution in [0.3, 0.4) is 0 Å². The number of cyclic esters (lactones) is 1. The Morgan fingerprint density at radius 2 is 1.80 bits per heavy atom. The molecule has 0 bridgehead atoms. The average Bonchev–Trinajstić information content (AvgIpc) is 2.73. The molecule has 1 aliphatic heterocycles. The van der Waals surface area contributed by atoms with Crippen molar-refractivity contribution in [3.8, 4) is 0 Å². The fourth-order valence-corrected chi connectivity index (χ4v) is 3.84. The molecule has 3 rings (SSSR count). The highest BCUT2D eigenvalue weighted by Crippen LogP contribution is 2.39. The molecule has 7 nitrogen and oxygen atoms in total. The van der Waals surface area contributed by atoms with E-state index < -0.39 is 17.6 Å². The molecule has 2 aromatic carbocycles. The van der Waals surface area contributed by atoms with Crippen LogP contribution in [0, 0.1) is 0 Å². The number of amides is 3. The van der Waals surface area contributed by atoms with Crippen molar-refractivity contribution >= 4 is 33.8 Å². The van der Waals surface area contributed by atoms with Crippen molar-refractivity contribution in [1.29, 1.82) is 0 Å². The summed E-state index contributed by atoms with van der Waals surface area (Å²) in [5.41, 5.74) is 5.26. The summed E-state index contributed by atoms with van der Waals surface area (Å²) < 4.78 is 6.89. The molecule has 1 aliphatic rings. The number of benzene rings is 2. The largest absolute Gasteiger partial charge is 0.437 e. The third-order valence-electron chi connectivity index (χ3n) is 5.22. The monoisotopic (exact) mass is 473 g/mol. The molecule has 2 atom stereocenters. The van der Waals surface area contributed by atoms with Gasteiger partial charge < -0.3 is 9.64 Å². The number of hydrogen-bond acceptors (Lipinski definition) is 4. The van der Waals surface area contributed by atoms with Crippen LogP contribution in [0.2, 0.25) is 0 Å². The van der Waals surface area contributed by atoms with Gasteiger partial charge in [0.15, 0.2) is 0 Å². The summed E-state index contributed by atoms with van der Waals surface area (Å²) in [6, 6.07) is 16.8. The van der Waals surface area contributed by atoms with Crippen molar-refractivity contribution in [1.82, 2.24) is 15.8 Å². The van der Waals surface area contributed by atoms with Gasteiger partial charge in [0.05, 0.1) is 12.5 Å². The van der Waals surface area contributed by atoms with Gasteiger partial charge >= 0.3 is 6.09 Å². The lowest BCUT2D eigenvalue weighted by molar-refractivity contribution is -0.134. The lowest BCUT2D eigenvalue weighted by Gasteiger charge is -2.43. The van der Waals surface area contributed by atoms with E-state index in [4.69, 9.17) is 4.74 Å². The van der Waals surface area contributed by atoms with Crippen LogP contribution in [-0.2, 0) is 19.9 Å². The molecule has 0 spiro atoms. The van der Waals surface area contributed by atoms with Crippen LogP contribution >= 0.6 is 15.9 Å². The minimum Gasteiger partial charge on any atom is -0.437 e. The number of hydrogen-bond donors (Lipinski definition) is 2. The molecule has 8 heteroatoms. The van der Waals surface area contributed by atoms with Gasteiger partial charge in [0.1, 0.15) is 5.60 Å². The highest BCUT2D eigenvalue weighted by molar-refractivity contribution is 9.10. The molecule has 0 aromatic heterocycles. The molecule has 3 amide bonds. The molecule has 1 saturated heterocycles. The molecule has 0 unspecified atom stereocenters. The Morgan fingerprint density at radius 1 is 1.13 bits per heavy atom. The summed E-state index contributed by atoms with van der Waals surface area (Å²) in [5.74, 6) is -0.816. The molecule has 158 valence electrons. The minimum absolute atomic E-state index is 0.0937. The predicted molar refractivity (Wildman–Crippen MR) is 115 cm³/mol. The van der Waals surface area contributed by atoms with E-state index in [0.717, 1.165) is 15.6 Å². The number of nitrogens with one attached hydrogen (secondary N) is 2. The normalized spacial score (nSPS) is 19.6. The maximum Gasteiger partial charge on any atom is 0.411 e. The highest BCUT2D eigenvalue weighted by atomic mass is 79.9. The van der Waals surface area contributed by atoms with Gasteiger partial charge in [-0.2, -0.15) is 0 Å². The van der Waals surface area contributed by atoms with Crippen LogP contribution in [-0.4, -0.2) is 29.4 Å². The highest BCUT2D eigenvalue weighted by Gasteiger charge is 2.45. The second-order valence-corrected chi connectivity index (χ2v) is 8.22. The Hall–Kier alpha value is -2.87. The van der Waals surface area contributed by atoms with Crippen LogP contribution in [0.15, 0.2) is 59.1 Å². The van der Waals surface area contributed by atoms with Gasteiger partial charge in [-0.25, -0.2) is 4.79 Å². The van der Waals surface area contributed by atoms with E-state index in [1.54, 1.807) is 4.90 Å². The van der Waals surface area contributed by atoms with Gasteiger partial charge in [-0.05, 0) is 30.2 Å². The Balaban J connectivity index is 1.80. The summed E-state index contributed by atoms with van der Waals surface area (Å²) in [6.07, 6.45) is -0.131. The number of hydrazine groups is 1. The maximum absolute atomic E-state index is 13.0. The van der Waals surface area contributed by atoms with Crippen molar-refractivity contribution in [3.63, 3.8) is 0 Å². The molecule has 30 heavy (non-hydrogen) atoms. The van der Waals surface area contributed by atoms with E-state index in [9.17, 15) is 14.4 Å². The Morgan fingerprint density at radius 3 is 2.40 bits per heavy atom. The van der Waals surface area contributed by atoms with Gasteiger partial charge in [0.2, 0.25) is 11.8 Å². The van der Waals surface area contributed by atoms with Gasteiger partial charge in [-0.3, -0.25) is 20.4 Å². The number of halogens is 1. The number of rotatable bonds is 5. The molecule has 0 aliphatic carbocycles. The lowest BCUT2D eigenvalue weighted by atomic mass is 9.85. The zero-order chi connectivity index (χ0) is 21.7. The fourth-order valence-electron chi connectivity index (χ4n) is 3.58. The third kappa shape index (κ3) is 4.99. The second-order valence-electron chi connectivity index (χ2n) is 7.31. The van der Waals surface area contributed by atoms with Crippen molar-refractivity contribution in [2.45, 2.75) is 38.3 Å². The topological polar surface area (TPSA) is 87.7 Å². The van der Waals surface area contributed by atoms with Gasteiger partial charge in [0, 0.05) is 24.4 Å². The van der Waals surface area contributed by atoms with Crippen LogP contribution in [0.4, 0.5) is 4.79 Å². The lowest BCUT2D eigenvalue weighted by Crippen LogP contribution is -2.51. The van der Waals surface area contributed by atoms with Crippen molar-refractivity contribution < 1.29 is 19.1 Å². The Labute approximate surface area is 183 Å². The average molecular weight is 474 g/mol. The first-order chi connectivity index (χ1) is 14.3. The van der Waals surface area contributed by atoms with E-state index in [1.807, 2.05) is 61.5 Å². The summed E-state index contributed by atoms with van der Waals surface area (Å²) in [6.45, 7) is 3.68. The van der Waals surface area contributed by atoms with E-state index in [1.165, 1.54) is 6.92 Å². The van der Waals surface area contributed by atoms with Crippen molar-refractivity contribution in [2.24, 2.45) is 0 Å². The van der Waals surface area contributed by atoms with E-state index in [0.29, 0.717) is 13.0 Å². The molecular formula is C22H24BrN3O4. The molecule has 2 aromatic rings. The van der Waals surface area contributed by atoms with E-state index >= 15 is 0 Å². The molecule has 0 saturated carbocycles. The van der Waals surface area contributed by atoms with Crippen LogP contribution in [0.1, 0.15) is 43.9 Å². The molecule has 0 radical (unpaired) electrons. The number of nitrogens with zero attached hydrogens (tertiary/aromatic N) is 1. The Bertz CT molecular complexity index is 920. The number of ether oxygens (including phenoxy) is 1. The Kier molecular flexibility index (Phi) is 6.77. The first-order valence-electron chi connectivity index (χ1n) is 9.67. The summed E-state index contributed by atoms with van der Waals surface area (Å²) in [7, 11) is 0. The molecular weight excluding hydrogens is 450 g/mol. The van der Waals surface area contributed by atoms with Gasteiger partial charge in [-0.1, -0.05) is 58.4 Å². The zero-order valence-corrected chi connectivity index (χ0v) is 18.4. The summed E-state index contributed by atoms with van der Waals surface area (Å²) in [4.78, 5) is 38.2. The summed E-state index contributed by atoms with van der Waals surface area (Å²) in [5, 5.41) is 0. The fraction of sp³-hybridized carbons (Fsp3) is 0.318. The van der Waals surface area contributed by atoms with Gasteiger partial charge in [-0.15, -0.1) is 0 Å². The van der Waals surface area contributed by atoms with Crippen LogP contribution in [0.25, 0.3) is 0 Å². The first-order valence-corrected chi connectivity index (χ1v) is 10.5. The standard InChI is InChI=1S/C22H24BrN3O4/c1-15(17-8-10-19(23)11-9-17)26-13-12-22(30-21(26)29,18-6-4-3-5-7-18)14-20(28)25-24-16(2)27/h3-11,15H,12-14H2,1-2H3,(H,24,27)(H,25,28)/t15-,22-/m0/s1. The zero-order valence-electron chi connectivity index (χ0n) is 16.9. The van der Waals surface area contributed by atoms with E-state index in [2.05, 4.69) is 26.8 Å². The smallest absolute Gasteiger partial charge is 0.411 e.